The maximum atomic E-state index is 14.1. The molecule has 0 bridgehead atoms. The van der Waals surface area contributed by atoms with E-state index in [1.807, 2.05) is 0 Å². The standard InChI is InChI=1S/C18H14F5NO2/c1-26-14-7-6-9(15(19)16(14)20)11-8-13(11)24-17(25)10-4-2-3-5-12(10)18(21,22)23/h2-7,11,13H,8H2,1H3,(H,24,25). The van der Waals surface area contributed by atoms with E-state index < -0.39 is 46.8 Å². The molecule has 2 unspecified atom stereocenters. The number of carbonyl (C=O) groups is 1. The first kappa shape index (κ1) is 18.2. The van der Waals surface area contributed by atoms with Crippen LogP contribution in [0.1, 0.15) is 33.8 Å². The second-order valence-corrected chi connectivity index (χ2v) is 5.95. The van der Waals surface area contributed by atoms with Crippen LogP contribution >= 0.6 is 0 Å². The van der Waals surface area contributed by atoms with E-state index in [0.29, 0.717) is 6.42 Å². The van der Waals surface area contributed by atoms with Crippen LogP contribution in [0, 0.1) is 11.6 Å². The predicted molar refractivity (Wildman–Crippen MR) is 83.0 cm³/mol. The van der Waals surface area contributed by atoms with Crippen molar-refractivity contribution in [3.8, 4) is 5.75 Å². The molecule has 1 amide bonds. The van der Waals surface area contributed by atoms with Gasteiger partial charge in [0.05, 0.1) is 18.2 Å². The van der Waals surface area contributed by atoms with Crippen LogP contribution in [-0.4, -0.2) is 19.1 Å². The Hall–Kier alpha value is -2.64. The van der Waals surface area contributed by atoms with Crippen LogP contribution in [0.15, 0.2) is 36.4 Å². The lowest BCUT2D eigenvalue weighted by Crippen LogP contribution is -2.29. The molecule has 3 rings (SSSR count). The lowest BCUT2D eigenvalue weighted by molar-refractivity contribution is -0.137. The normalized spacial score (nSPS) is 19.2. The lowest BCUT2D eigenvalue weighted by atomic mass is 10.1. The van der Waals surface area contributed by atoms with Crippen molar-refractivity contribution in [3.05, 3.63) is 64.7 Å². The van der Waals surface area contributed by atoms with E-state index in [0.717, 1.165) is 12.1 Å². The van der Waals surface area contributed by atoms with Crippen molar-refractivity contribution in [3.63, 3.8) is 0 Å². The lowest BCUT2D eigenvalue weighted by Gasteiger charge is -2.13. The van der Waals surface area contributed by atoms with E-state index in [2.05, 4.69) is 10.1 Å². The van der Waals surface area contributed by atoms with Gasteiger partial charge in [0.1, 0.15) is 0 Å². The average Bonchev–Trinajstić information content (AvgIpc) is 3.35. The van der Waals surface area contributed by atoms with Gasteiger partial charge in [-0.2, -0.15) is 17.6 Å². The molecule has 2 aromatic carbocycles. The minimum atomic E-state index is -4.66. The molecule has 1 aliphatic carbocycles. The highest BCUT2D eigenvalue weighted by Gasteiger charge is 2.43. The Bertz CT molecular complexity index is 850. The minimum absolute atomic E-state index is 0.0534. The zero-order valence-electron chi connectivity index (χ0n) is 13.5. The van der Waals surface area contributed by atoms with Gasteiger partial charge in [0.15, 0.2) is 11.6 Å². The number of methoxy groups -OCH3 is 1. The molecule has 2 aromatic rings. The first-order valence-electron chi connectivity index (χ1n) is 7.73. The van der Waals surface area contributed by atoms with Crippen molar-refractivity contribution >= 4 is 5.91 Å². The van der Waals surface area contributed by atoms with E-state index in [1.165, 1.54) is 31.4 Å². The van der Waals surface area contributed by atoms with Gasteiger partial charge in [0.2, 0.25) is 5.82 Å². The van der Waals surface area contributed by atoms with Crippen LogP contribution in [-0.2, 0) is 6.18 Å². The maximum Gasteiger partial charge on any atom is 0.417 e. The summed E-state index contributed by atoms with van der Waals surface area (Å²) in [5.41, 5.74) is -1.50. The molecule has 0 aliphatic heterocycles. The van der Waals surface area contributed by atoms with Crippen molar-refractivity contribution in [2.45, 2.75) is 24.6 Å². The Morgan fingerprint density at radius 2 is 1.81 bits per heavy atom. The summed E-state index contributed by atoms with van der Waals surface area (Å²) in [6.45, 7) is 0. The average molecular weight is 371 g/mol. The highest BCUT2D eigenvalue weighted by molar-refractivity contribution is 5.96. The maximum absolute atomic E-state index is 14.1. The topological polar surface area (TPSA) is 38.3 Å². The molecule has 1 fully saturated rings. The van der Waals surface area contributed by atoms with Gasteiger partial charge >= 0.3 is 6.18 Å². The fourth-order valence-electron chi connectivity index (χ4n) is 2.86. The third-order valence-electron chi connectivity index (χ3n) is 4.28. The van der Waals surface area contributed by atoms with Crippen molar-refractivity contribution < 1.29 is 31.5 Å². The summed E-state index contributed by atoms with van der Waals surface area (Å²) in [5, 5.41) is 2.45. The third-order valence-corrected chi connectivity index (χ3v) is 4.28. The van der Waals surface area contributed by atoms with E-state index in [-0.39, 0.29) is 11.3 Å². The van der Waals surface area contributed by atoms with Gasteiger partial charge in [-0.1, -0.05) is 18.2 Å². The quantitative estimate of drug-likeness (QED) is 0.815. The first-order valence-corrected chi connectivity index (χ1v) is 7.73. The second-order valence-electron chi connectivity index (χ2n) is 5.95. The van der Waals surface area contributed by atoms with Gasteiger partial charge in [-0.15, -0.1) is 0 Å². The van der Waals surface area contributed by atoms with Gasteiger partial charge in [-0.25, -0.2) is 4.39 Å². The molecule has 0 radical (unpaired) electrons. The number of amides is 1. The van der Waals surface area contributed by atoms with E-state index in [4.69, 9.17) is 0 Å². The molecular weight excluding hydrogens is 357 g/mol. The number of carbonyl (C=O) groups excluding carboxylic acids is 1. The van der Waals surface area contributed by atoms with E-state index in [1.54, 1.807) is 0 Å². The van der Waals surface area contributed by atoms with Crippen molar-refractivity contribution in [1.82, 2.24) is 5.32 Å². The summed E-state index contributed by atoms with van der Waals surface area (Å²) < 4.78 is 71.5. The number of benzene rings is 2. The summed E-state index contributed by atoms with van der Waals surface area (Å²) in [5.74, 6) is -3.87. The Balaban J connectivity index is 1.76. The van der Waals surface area contributed by atoms with Crippen molar-refractivity contribution in [1.29, 1.82) is 0 Å². The number of nitrogens with one attached hydrogen (secondary N) is 1. The molecule has 1 saturated carbocycles. The van der Waals surface area contributed by atoms with Crippen LogP contribution < -0.4 is 10.1 Å². The molecule has 0 saturated heterocycles. The molecular formula is C18H14F5NO2. The number of alkyl halides is 3. The molecule has 8 heteroatoms. The summed E-state index contributed by atoms with van der Waals surface area (Å²) in [6, 6.07) is 6.45. The van der Waals surface area contributed by atoms with E-state index in [9.17, 15) is 26.7 Å². The van der Waals surface area contributed by atoms with Crippen LogP contribution in [0.4, 0.5) is 22.0 Å². The smallest absolute Gasteiger partial charge is 0.417 e. The summed E-state index contributed by atoms with van der Waals surface area (Å²) in [7, 11) is 1.20. The fraction of sp³-hybridized carbons (Fsp3) is 0.278. The van der Waals surface area contributed by atoms with Crippen molar-refractivity contribution in [2.24, 2.45) is 0 Å². The Labute approximate surface area is 145 Å². The minimum Gasteiger partial charge on any atom is -0.494 e. The SMILES string of the molecule is COc1ccc(C2CC2NC(=O)c2ccccc2C(F)(F)F)c(F)c1F. The highest BCUT2D eigenvalue weighted by Crippen LogP contribution is 2.43. The molecule has 0 aromatic heterocycles. The van der Waals surface area contributed by atoms with Gasteiger partial charge in [-0.3, -0.25) is 4.79 Å². The molecule has 3 nitrogen and oxygen atoms in total. The molecule has 1 N–H and O–H groups in total. The van der Waals surface area contributed by atoms with Crippen LogP contribution in [0.2, 0.25) is 0 Å². The third kappa shape index (κ3) is 3.36. The largest absolute Gasteiger partial charge is 0.494 e. The fourth-order valence-corrected chi connectivity index (χ4v) is 2.86. The second kappa shape index (κ2) is 6.59. The Morgan fingerprint density at radius 1 is 1.12 bits per heavy atom. The number of ether oxygens (including phenoxy) is 1. The van der Waals surface area contributed by atoms with Gasteiger partial charge in [0.25, 0.3) is 5.91 Å². The van der Waals surface area contributed by atoms with Gasteiger partial charge in [0, 0.05) is 12.0 Å². The Kier molecular flexibility index (Phi) is 4.60. The number of hydrogen-bond acceptors (Lipinski definition) is 2. The molecule has 0 heterocycles. The molecule has 138 valence electrons. The van der Waals surface area contributed by atoms with Crippen LogP contribution in [0.3, 0.4) is 0 Å². The number of rotatable bonds is 4. The summed E-state index contributed by atoms with van der Waals surface area (Å²) in [4.78, 5) is 12.2. The molecule has 1 aliphatic rings. The molecule has 26 heavy (non-hydrogen) atoms. The molecule has 0 spiro atoms. The number of hydrogen-bond donors (Lipinski definition) is 1. The zero-order valence-corrected chi connectivity index (χ0v) is 13.5. The zero-order chi connectivity index (χ0) is 19.1. The van der Waals surface area contributed by atoms with E-state index >= 15 is 0 Å². The predicted octanol–water partition coefficient (Wildman–Crippen LogP) is 4.28. The summed E-state index contributed by atoms with van der Waals surface area (Å²) >= 11 is 0. The van der Waals surface area contributed by atoms with Crippen molar-refractivity contribution in [2.75, 3.05) is 7.11 Å². The van der Waals surface area contributed by atoms with Crippen LogP contribution in [0.25, 0.3) is 0 Å². The monoisotopic (exact) mass is 371 g/mol. The summed E-state index contributed by atoms with van der Waals surface area (Å²) in [6.07, 6.45) is -4.36. The molecule has 2 atom stereocenters. The first-order chi connectivity index (χ1) is 12.2. The highest BCUT2D eigenvalue weighted by atomic mass is 19.4. The Morgan fingerprint density at radius 3 is 2.46 bits per heavy atom. The van der Waals surface area contributed by atoms with Gasteiger partial charge < -0.3 is 10.1 Å². The number of halogens is 5. The van der Waals surface area contributed by atoms with Gasteiger partial charge in [-0.05, 0) is 30.2 Å². The van der Waals surface area contributed by atoms with Crippen LogP contribution in [0.5, 0.6) is 5.75 Å².